The zero-order valence-corrected chi connectivity index (χ0v) is 7.96. The summed E-state index contributed by atoms with van der Waals surface area (Å²) in [5, 5.41) is 2.76. The van der Waals surface area contributed by atoms with Gasteiger partial charge in [-0.3, -0.25) is 4.79 Å². The molecule has 4 nitrogen and oxygen atoms in total. The average Bonchev–Trinajstić information content (AvgIpc) is 2.18. The van der Waals surface area contributed by atoms with Gasteiger partial charge in [-0.1, -0.05) is 6.07 Å². The molecule has 0 saturated carbocycles. The van der Waals surface area contributed by atoms with Gasteiger partial charge in [0.25, 0.3) is 5.91 Å². The molecule has 0 saturated heterocycles. The summed E-state index contributed by atoms with van der Waals surface area (Å²) in [5.41, 5.74) is 7.81. The van der Waals surface area contributed by atoms with Crippen LogP contribution in [0.25, 0.3) is 0 Å². The minimum Gasteiger partial charge on any atom is -0.495 e. The summed E-state index contributed by atoms with van der Waals surface area (Å²) in [6, 6.07) is 3.69. The number of fused-ring (bicyclic) bond motifs is 1. The Morgan fingerprint density at radius 1 is 1.50 bits per heavy atom. The number of hydrogen-bond donors (Lipinski definition) is 2. The van der Waals surface area contributed by atoms with Gasteiger partial charge in [-0.05, 0) is 18.1 Å². The zero-order chi connectivity index (χ0) is 10.1. The number of carbonyl (C=O) groups is 1. The van der Waals surface area contributed by atoms with Crippen LogP contribution in [0.4, 0.5) is 5.69 Å². The lowest BCUT2D eigenvalue weighted by Gasteiger charge is -2.19. The van der Waals surface area contributed by atoms with Crippen molar-refractivity contribution in [2.24, 2.45) is 0 Å². The van der Waals surface area contributed by atoms with Crippen molar-refractivity contribution in [3.63, 3.8) is 0 Å². The van der Waals surface area contributed by atoms with Crippen LogP contribution in [-0.4, -0.2) is 19.6 Å². The second-order valence-electron chi connectivity index (χ2n) is 3.22. The molecule has 0 unspecified atom stereocenters. The molecular formula is C10H12N2O2. The van der Waals surface area contributed by atoms with Gasteiger partial charge in [-0.25, -0.2) is 0 Å². The van der Waals surface area contributed by atoms with Gasteiger partial charge in [-0.2, -0.15) is 0 Å². The highest BCUT2D eigenvalue weighted by Crippen LogP contribution is 2.29. The zero-order valence-electron chi connectivity index (χ0n) is 7.96. The molecule has 1 aliphatic heterocycles. The number of anilines is 1. The van der Waals surface area contributed by atoms with Gasteiger partial charge in [0.2, 0.25) is 0 Å². The van der Waals surface area contributed by atoms with Crippen LogP contribution in [0.5, 0.6) is 5.75 Å². The van der Waals surface area contributed by atoms with Crippen LogP contribution in [0.3, 0.4) is 0 Å². The van der Waals surface area contributed by atoms with E-state index in [2.05, 4.69) is 5.32 Å². The predicted molar refractivity (Wildman–Crippen MR) is 53.4 cm³/mol. The van der Waals surface area contributed by atoms with Crippen LogP contribution in [0.2, 0.25) is 0 Å². The fourth-order valence-electron chi connectivity index (χ4n) is 1.70. The van der Waals surface area contributed by atoms with Gasteiger partial charge in [0.1, 0.15) is 5.75 Å². The van der Waals surface area contributed by atoms with E-state index in [1.165, 1.54) is 0 Å². The quantitative estimate of drug-likeness (QED) is 0.639. The monoisotopic (exact) mass is 192 g/mol. The molecular weight excluding hydrogens is 180 g/mol. The smallest absolute Gasteiger partial charge is 0.253 e. The van der Waals surface area contributed by atoms with Crippen molar-refractivity contribution in [1.29, 1.82) is 0 Å². The Bertz CT molecular complexity index is 388. The summed E-state index contributed by atoms with van der Waals surface area (Å²) in [6.07, 6.45) is 0.829. The first-order valence-corrected chi connectivity index (χ1v) is 4.47. The van der Waals surface area contributed by atoms with Crippen LogP contribution in [-0.2, 0) is 6.42 Å². The average molecular weight is 192 g/mol. The van der Waals surface area contributed by atoms with Crippen LogP contribution in [0.15, 0.2) is 12.1 Å². The number of nitrogen functional groups attached to an aromatic ring is 1. The van der Waals surface area contributed by atoms with E-state index in [1.54, 1.807) is 13.2 Å². The maximum absolute atomic E-state index is 11.5. The minimum absolute atomic E-state index is 0.109. The molecule has 1 heterocycles. The topological polar surface area (TPSA) is 64.3 Å². The van der Waals surface area contributed by atoms with E-state index >= 15 is 0 Å². The predicted octanol–water partition coefficient (Wildman–Crippen LogP) is 0.563. The molecule has 0 aromatic heterocycles. The van der Waals surface area contributed by atoms with Crippen molar-refractivity contribution in [2.75, 3.05) is 19.4 Å². The number of nitrogens with two attached hydrogens (primary N) is 1. The normalized spacial score (nSPS) is 14.5. The maximum atomic E-state index is 11.5. The van der Waals surface area contributed by atoms with Crippen molar-refractivity contribution >= 4 is 11.6 Å². The fourth-order valence-corrected chi connectivity index (χ4v) is 1.70. The SMILES string of the molecule is COc1ccc2c(c1N)C(=O)NCC2. The molecule has 1 aromatic carbocycles. The summed E-state index contributed by atoms with van der Waals surface area (Å²) in [7, 11) is 1.54. The van der Waals surface area contributed by atoms with Crippen LogP contribution in [0.1, 0.15) is 15.9 Å². The highest BCUT2D eigenvalue weighted by Gasteiger charge is 2.21. The highest BCUT2D eigenvalue weighted by molar-refractivity contribution is 6.02. The Labute approximate surface area is 82.1 Å². The molecule has 4 heteroatoms. The van der Waals surface area contributed by atoms with E-state index in [0.717, 1.165) is 12.0 Å². The van der Waals surface area contributed by atoms with Gasteiger partial charge in [0.15, 0.2) is 0 Å². The number of methoxy groups -OCH3 is 1. The third-order valence-corrected chi connectivity index (χ3v) is 2.42. The van der Waals surface area contributed by atoms with Gasteiger partial charge >= 0.3 is 0 Å². The Balaban J connectivity index is 2.60. The van der Waals surface area contributed by atoms with Crippen molar-refractivity contribution in [2.45, 2.75) is 6.42 Å². The second-order valence-corrected chi connectivity index (χ2v) is 3.22. The Hall–Kier alpha value is -1.71. The number of amides is 1. The molecule has 1 aromatic rings. The summed E-state index contributed by atoms with van der Waals surface area (Å²) in [4.78, 5) is 11.5. The lowest BCUT2D eigenvalue weighted by Crippen LogP contribution is -2.32. The number of nitrogens with one attached hydrogen (secondary N) is 1. The molecule has 0 fully saturated rings. The molecule has 14 heavy (non-hydrogen) atoms. The van der Waals surface area contributed by atoms with Crippen molar-refractivity contribution in [3.05, 3.63) is 23.3 Å². The molecule has 1 amide bonds. The van der Waals surface area contributed by atoms with E-state index in [1.807, 2.05) is 6.07 Å². The van der Waals surface area contributed by atoms with Crippen molar-refractivity contribution < 1.29 is 9.53 Å². The van der Waals surface area contributed by atoms with Crippen LogP contribution < -0.4 is 15.8 Å². The van der Waals surface area contributed by atoms with E-state index in [4.69, 9.17) is 10.5 Å². The third kappa shape index (κ3) is 1.19. The van der Waals surface area contributed by atoms with Gasteiger partial charge in [-0.15, -0.1) is 0 Å². The molecule has 0 bridgehead atoms. The molecule has 2 rings (SSSR count). The van der Waals surface area contributed by atoms with Gasteiger partial charge in [0, 0.05) is 6.54 Å². The first-order valence-electron chi connectivity index (χ1n) is 4.47. The molecule has 0 radical (unpaired) electrons. The van der Waals surface area contributed by atoms with E-state index in [0.29, 0.717) is 23.5 Å². The largest absolute Gasteiger partial charge is 0.495 e. The lowest BCUT2D eigenvalue weighted by molar-refractivity contribution is 0.0946. The molecule has 0 spiro atoms. The van der Waals surface area contributed by atoms with Crippen LogP contribution >= 0.6 is 0 Å². The number of ether oxygens (including phenoxy) is 1. The van der Waals surface area contributed by atoms with E-state index in [9.17, 15) is 4.79 Å². The van der Waals surface area contributed by atoms with Gasteiger partial charge < -0.3 is 15.8 Å². The van der Waals surface area contributed by atoms with Crippen molar-refractivity contribution in [1.82, 2.24) is 5.32 Å². The van der Waals surface area contributed by atoms with E-state index < -0.39 is 0 Å². The molecule has 74 valence electrons. The maximum Gasteiger partial charge on any atom is 0.253 e. The Kier molecular flexibility index (Phi) is 2.04. The van der Waals surface area contributed by atoms with Crippen LogP contribution in [0, 0.1) is 0 Å². The van der Waals surface area contributed by atoms with E-state index in [-0.39, 0.29) is 5.91 Å². The highest BCUT2D eigenvalue weighted by atomic mass is 16.5. The van der Waals surface area contributed by atoms with Crippen molar-refractivity contribution in [3.8, 4) is 5.75 Å². The molecule has 0 aliphatic carbocycles. The number of benzene rings is 1. The summed E-state index contributed by atoms with van der Waals surface area (Å²) in [5.74, 6) is 0.448. The van der Waals surface area contributed by atoms with Gasteiger partial charge in [0.05, 0.1) is 18.4 Å². The standard InChI is InChI=1S/C10H12N2O2/c1-14-7-3-2-6-4-5-12-10(13)8(6)9(7)11/h2-3H,4-5,11H2,1H3,(H,12,13). The Morgan fingerprint density at radius 2 is 2.29 bits per heavy atom. The number of hydrogen-bond acceptors (Lipinski definition) is 3. The first-order chi connectivity index (χ1) is 6.74. The minimum atomic E-state index is -0.109. The summed E-state index contributed by atoms with van der Waals surface area (Å²) in [6.45, 7) is 0.678. The third-order valence-electron chi connectivity index (χ3n) is 2.42. The number of carbonyl (C=O) groups excluding carboxylic acids is 1. The summed E-state index contributed by atoms with van der Waals surface area (Å²) < 4.78 is 5.05. The Morgan fingerprint density at radius 3 is 3.00 bits per heavy atom. The molecule has 1 aliphatic rings. The number of rotatable bonds is 1. The first kappa shape index (κ1) is 8.87. The molecule has 0 atom stereocenters. The lowest BCUT2D eigenvalue weighted by atomic mass is 9.98. The molecule has 3 N–H and O–H groups in total. The second kappa shape index (κ2) is 3.21. The fraction of sp³-hybridized carbons (Fsp3) is 0.300. The summed E-state index contributed by atoms with van der Waals surface area (Å²) >= 11 is 0.